The van der Waals surface area contributed by atoms with Gasteiger partial charge in [0.05, 0.1) is 11.1 Å². The maximum absolute atomic E-state index is 7.16. The minimum absolute atomic E-state index is 0.482. The van der Waals surface area contributed by atoms with Gasteiger partial charge in [-0.25, -0.2) is 0 Å². The van der Waals surface area contributed by atoms with E-state index in [0.29, 0.717) is 0 Å². The Morgan fingerprint density at radius 1 is 0.343 bits per heavy atom. The Kier molecular flexibility index (Phi) is 8.38. The summed E-state index contributed by atoms with van der Waals surface area (Å²) in [6, 6.07) is 91.6. The zero-order valence-electron chi connectivity index (χ0n) is 38.2. The van der Waals surface area contributed by atoms with E-state index < -0.39 is 5.41 Å². The van der Waals surface area contributed by atoms with E-state index in [1.54, 1.807) is 0 Å². The molecule has 0 N–H and O–H groups in total. The molecule has 1 aromatic heterocycles. The van der Waals surface area contributed by atoms with Gasteiger partial charge < -0.3 is 9.32 Å². The Morgan fingerprint density at radius 2 is 0.857 bits per heavy atom. The standard InChI is InChI=1S/C68H43NO/c1-3-16-43(17-4-1)45-30-34-48(35-31-45)69(49-36-32-46(33-37-49)44-18-5-2-6-19-44)62-41-39-53(66-56-24-11-14-29-63(56)70-67(62)66)52-25-15-28-60-64(52)54-22-9-12-26-58(54)68(60)59-27-13-10-23-55(59)65-57-42-47-20-7-8-21-50(47)51(57)38-40-61(65)68/h1-41H,42H2. The number of hydrogen-bond acceptors (Lipinski definition) is 2. The quantitative estimate of drug-likeness (QED) is 0.165. The fourth-order valence-corrected chi connectivity index (χ4v) is 12.6. The predicted molar refractivity (Wildman–Crippen MR) is 289 cm³/mol. The highest BCUT2D eigenvalue weighted by atomic mass is 16.3. The van der Waals surface area contributed by atoms with E-state index in [2.05, 4.69) is 254 Å². The fraction of sp³-hybridized carbons (Fsp3) is 0.0294. The Morgan fingerprint density at radius 3 is 1.54 bits per heavy atom. The van der Waals surface area contributed by atoms with Crippen molar-refractivity contribution in [2.24, 2.45) is 0 Å². The number of hydrogen-bond donors (Lipinski definition) is 0. The molecule has 2 heteroatoms. The summed E-state index contributed by atoms with van der Waals surface area (Å²) in [5.74, 6) is 0. The third-order valence-corrected chi connectivity index (χ3v) is 15.6. The first-order chi connectivity index (χ1) is 34.7. The van der Waals surface area contributed by atoms with Crippen molar-refractivity contribution in [2.75, 3.05) is 4.90 Å². The molecule has 1 heterocycles. The summed E-state index contributed by atoms with van der Waals surface area (Å²) in [6.07, 6.45) is 0.941. The van der Waals surface area contributed by atoms with Crippen LogP contribution in [0.3, 0.4) is 0 Å². The van der Waals surface area contributed by atoms with Crippen molar-refractivity contribution in [1.29, 1.82) is 0 Å². The number of fused-ring (bicyclic) bond motifs is 17. The minimum Gasteiger partial charge on any atom is -0.454 e. The zero-order valence-corrected chi connectivity index (χ0v) is 38.2. The molecule has 0 bridgehead atoms. The molecule has 12 aromatic rings. The van der Waals surface area contributed by atoms with Crippen molar-refractivity contribution in [1.82, 2.24) is 0 Å². The molecule has 2 nitrogen and oxygen atoms in total. The molecular formula is C68H43NO. The summed E-state index contributed by atoms with van der Waals surface area (Å²) in [4.78, 5) is 2.36. The first kappa shape index (κ1) is 39.1. The van der Waals surface area contributed by atoms with E-state index in [9.17, 15) is 0 Å². The second-order valence-corrected chi connectivity index (χ2v) is 19.0. The van der Waals surface area contributed by atoms with Crippen LogP contribution in [0.25, 0.3) is 88.7 Å². The Bertz CT molecular complexity index is 3990. The molecular weight excluding hydrogens is 847 g/mol. The number of nitrogens with zero attached hydrogens (tertiary/aromatic N) is 1. The summed E-state index contributed by atoms with van der Waals surface area (Å²) in [5.41, 5.74) is 27.7. The summed E-state index contributed by atoms with van der Waals surface area (Å²) >= 11 is 0. The molecule has 70 heavy (non-hydrogen) atoms. The van der Waals surface area contributed by atoms with Gasteiger partial charge in [0.1, 0.15) is 5.58 Å². The first-order valence-electron chi connectivity index (χ1n) is 24.4. The maximum atomic E-state index is 7.16. The molecule has 15 rings (SSSR count). The maximum Gasteiger partial charge on any atom is 0.160 e. The van der Waals surface area contributed by atoms with Crippen LogP contribution < -0.4 is 4.90 Å². The fourth-order valence-electron chi connectivity index (χ4n) is 12.6. The predicted octanol–water partition coefficient (Wildman–Crippen LogP) is 18.0. The highest BCUT2D eigenvalue weighted by Crippen LogP contribution is 2.66. The van der Waals surface area contributed by atoms with Crippen LogP contribution in [-0.2, 0) is 11.8 Å². The normalized spacial score (nSPS) is 14.6. The van der Waals surface area contributed by atoms with Crippen molar-refractivity contribution in [3.8, 4) is 66.8 Å². The molecule has 0 saturated carbocycles. The molecule has 326 valence electrons. The third-order valence-electron chi connectivity index (χ3n) is 15.6. The molecule has 0 aliphatic heterocycles. The first-order valence-corrected chi connectivity index (χ1v) is 24.4. The van der Waals surface area contributed by atoms with Crippen LogP contribution in [0.5, 0.6) is 0 Å². The van der Waals surface area contributed by atoms with Gasteiger partial charge in [0.2, 0.25) is 0 Å². The van der Waals surface area contributed by atoms with Crippen molar-refractivity contribution < 1.29 is 4.42 Å². The zero-order chi connectivity index (χ0) is 45.9. The van der Waals surface area contributed by atoms with E-state index in [4.69, 9.17) is 4.42 Å². The van der Waals surface area contributed by atoms with Gasteiger partial charge in [0.15, 0.2) is 5.58 Å². The number of anilines is 3. The summed E-state index contributed by atoms with van der Waals surface area (Å²) < 4.78 is 7.16. The number of furan rings is 1. The molecule has 0 radical (unpaired) electrons. The van der Waals surface area contributed by atoms with Gasteiger partial charge >= 0.3 is 0 Å². The van der Waals surface area contributed by atoms with Gasteiger partial charge in [-0.3, -0.25) is 0 Å². The molecule has 3 aliphatic rings. The van der Waals surface area contributed by atoms with Crippen LogP contribution in [0.1, 0.15) is 33.4 Å². The van der Waals surface area contributed by atoms with Crippen LogP contribution in [0, 0.1) is 0 Å². The molecule has 0 amide bonds. The van der Waals surface area contributed by atoms with Gasteiger partial charge in [0.25, 0.3) is 0 Å². The lowest BCUT2D eigenvalue weighted by molar-refractivity contribution is 0.669. The monoisotopic (exact) mass is 889 g/mol. The summed E-state index contributed by atoms with van der Waals surface area (Å²) in [5, 5.41) is 2.20. The third kappa shape index (κ3) is 5.44. The van der Waals surface area contributed by atoms with Gasteiger partial charge in [0, 0.05) is 22.1 Å². The minimum atomic E-state index is -0.482. The lowest BCUT2D eigenvalue weighted by Crippen LogP contribution is -2.25. The van der Waals surface area contributed by atoms with Crippen molar-refractivity contribution in [2.45, 2.75) is 11.8 Å². The molecule has 1 atom stereocenters. The van der Waals surface area contributed by atoms with Crippen LogP contribution in [-0.4, -0.2) is 0 Å². The molecule has 1 spiro atoms. The molecule has 11 aromatic carbocycles. The average molecular weight is 890 g/mol. The van der Waals surface area contributed by atoms with Crippen molar-refractivity contribution in [3.63, 3.8) is 0 Å². The number of benzene rings is 11. The molecule has 0 saturated heterocycles. The largest absolute Gasteiger partial charge is 0.454 e. The van der Waals surface area contributed by atoms with Crippen LogP contribution in [0.4, 0.5) is 17.1 Å². The van der Waals surface area contributed by atoms with E-state index in [0.717, 1.165) is 51.0 Å². The smallest absolute Gasteiger partial charge is 0.160 e. The SMILES string of the molecule is c1ccc(-c2ccc(N(c3ccc(-c4ccccc4)cc3)c3ccc(-c4cccc5c4-c4ccccc4C54c5ccccc5-c5c4ccc4c5Cc5ccccc5-4)c4c3oc3ccccc34)cc2)cc1. The molecule has 3 aliphatic carbocycles. The van der Waals surface area contributed by atoms with Gasteiger partial charge in [-0.2, -0.15) is 0 Å². The van der Waals surface area contributed by atoms with Gasteiger partial charge in [-0.15, -0.1) is 0 Å². The Hall–Kier alpha value is -8.98. The van der Waals surface area contributed by atoms with Gasteiger partial charge in [-0.05, 0) is 143 Å². The summed E-state index contributed by atoms with van der Waals surface area (Å²) in [6.45, 7) is 0. The van der Waals surface area contributed by atoms with E-state index in [1.165, 1.54) is 94.6 Å². The van der Waals surface area contributed by atoms with Crippen molar-refractivity contribution in [3.05, 3.63) is 282 Å². The Labute approximate surface area is 407 Å². The van der Waals surface area contributed by atoms with Crippen LogP contribution in [0.15, 0.2) is 253 Å². The number of rotatable bonds is 6. The lowest BCUT2D eigenvalue weighted by atomic mass is 9.70. The van der Waals surface area contributed by atoms with Crippen LogP contribution in [0.2, 0.25) is 0 Å². The highest BCUT2D eigenvalue weighted by molar-refractivity contribution is 6.18. The second-order valence-electron chi connectivity index (χ2n) is 19.0. The second kappa shape index (κ2) is 15.0. The molecule has 1 unspecified atom stereocenters. The van der Waals surface area contributed by atoms with E-state index in [1.807, 2.05) is 0 Å². The lowest BCUT2D eigenvalue weighted by Gasteiger charge is -2.31. The van der Waals surface area contributed by atoms with E-state index in [-0.39, 0.29) is 0 Å². The van der Waals surface area contributed by atoms with E-state index >= 15 is 0 Å². The molecule has 0 fully saturated rings. The topological polar surface area (TPSA) is 16.4 Å². The van der Waals surface area contributed by atoms with Crippen molar-refractivity contribution >= 4 is 39.0 Å². The number of para-hydroxylation sites is 1. The Balaban J connectivity index is 0.959. The van der Waals surface area contributed by atoms with Crippen LogP contribution >= 0.6 is 0 Å². The van der Waals surface area contributed by atoms with Gasteiger partial charge in [-0.1, -0.05) is 212 Å². The highest BCUT2D eigenvalue weighted by Gasteiger charge is 2.53. The summed E-state index contributed by atoms with van der Waals surface area (Å²) in [7, 11) is 0. The average Bonchev–Trinajstić information content (AvgIpc) is 4.18.